The Kier molecular flexibility index (Phi) is 3.97. The van der Waals surface area contributed by atoms with Crippen molar-refractivity contribution in [2.24, 2.45) is 0 Å². The summed E-state index contributed by atoms with van der Waals surface area (Å²) in [6.45, 7) is 7.06. The van der Waals surface area contributed by atoms with Crippen molar-refractivity contribution < 1.29 is 18.9 Å². The molecule has 0 saturated heterocycles. The third-order valence-corrected chi connectivity index (χ3v) is 5.61. The molecule has 0 bridgehead atoms. The Hall–Kier alpha value is 0.514. The standard InChI is InChI=1S/C7H11SSi.Li/c1-9(2,3)7-5-4-6-8-7;/h4-5H,1-3H3;/q-1;+1. The summed E-state index contributed by atoms with van der Waals surface area (Å²) in [5.74, 6) is 0. The van der Waals surface area contributed by atoms with Gasteiger partial charge in [0.25, 0.3) is 0 Å². The van der Waals surface area contributed by atoms with E-state index in [0.717, 1.165) is 0 Å². The van der Waals surface area contributed by atoms with Crippen LogP contribution in [0, 0.1) is 5.38 Å². The average Bonchev–Trinajstić information content (AvgIpc) is 2.08. The first kappa shape index (κ1) is 10.5. The second-order valence-corrected chi connectivity index (χ2v) is 9.45. The Morgan fingerprint density at radius 3 is 2.20 bits per heavy atom. The number of hydrogen-bond donors (Lipinski definition) is 0. The molecular weight excluding hydrogens is 151 g/mol. The minimum Gasteiger partial charge on any atom is -0.302 e. The zero-order valence-electron chi connectivity index (χ0n) is 7.06. The van der Waals surface area contributed by atoms with Crippen molar-refractivity contribution >= 4 is 23.9 Å². The van der Waals surface area contributed by atoms with Gasteiger partial charge in [0.05, 0.1) is 0 Å². The predicted molar refractivity (Wildman–Crippen MR) is 46.1 cm³/mol. The van der Waals surface area contributed by atoms with Crippen LogP contribution < -0.4 is 23.4 Å². The van der Waals surface area contributed by atoms with Gasteiger partial charge in [0.1, 0.15) is 0 Å². The summed E-state index contributed by atoms with van der Waals surface area (Å²) in [7, 11) is -0.994. The van der Waals surface area contributed by atoms with Crippen molar-refractivity contribution in [3.8, 4) is 0 Å². The third-order valence-electron chi connectivity index (χ3n) is 1.21. The van der Waals surface area contributed by atoms with Gasteiger partial charge in [-0.25, -0.2) is 6.07 Å². The van der Waals surface area contributed by atoms with Crippen LogP contribution in [0.1, 0.15) is 0 Å². The molecule has 1 aromatic rings. The molecule has 50 valence electrons. The first-order valence-corrected chi connectivity index (χ1v) is 7.39. The second-order valence-electron chi connectivity index (χ2n) is 3.17. The zero-order valence-corrected chi connectivity index (χ0v) is 8.88. The van der Waals surface area contributed by atoms with Crippen LogP contribution in [0.5, 0.6) is 0 Å². The maximum absolute atomic E-state index is 3.11. The molecule has 0 unspecified atom stereocenters. The van der Waals surface area contributed by atoms with E-state index in [2.05, 4.69) is 31.1 Å². The summed E-state index contributed by atoms with van der Waals surface area (Å²) in [6, 6.07) is 4.20. The third kappa shape index (κ3) is 2.63. The van der Waals surface area contributed by atoms with Gasteiger partial charge in [-0.05, 0) is 0 Å². The van der Waals surface area contributed by atoms with E-state index in [1.165, 1.54) is 0 Å². The van der Waals surface area contributed by atoms with Crippen LogP contribution >= 0.6 is 11.3 Å². The van der Waals surface area contributed by atoms with E-state index in [4.69, 9.17) is 0 Å². The predicted octanol–water partition coefficient (Wildman–Crippen LogP) is -0.903. The Bertz CT molecular complexity index is 176. The maximum Gasteiger partial charge on any atom is 1.00 e. The summed E-state index contributed by atoms with van der Waals surface area (Å²) in [5.41, 5.74) is 0. The maximum atomic E-state index is 3.11. The second kappa shape index (κ2) is 3.78. The Morgan fingerprint density at radius 2 is 2.00 bits per heavy atom. The Balaban J connectivity index is 0.000000810. The van der Waals surface area contributed by atoms with Gasteiger partial charge in [0, 0.05) is 8.07 Å². The summed E-state index contributed by atoms with van der Waals surface area (Å²) < 4.78 is 1.54. The number of thiophene rings is 1. The van der Waals surface area contributed by atoms with Crippen molar-refractivity contribution in [2.75, 3.05) is 0 Å². The molecular formula is C7H11LiSSi. The number of hydrogen-bond acceptors (Lipinski definition) is 1. The SMILES string of the molecule is C[Si](C)(C)c1cc[c-]s1.[Li+]. The Morgan fingerprint density at radius 1 is 1.40 bits per heavy atom. The van der Waals surface area contributed by atoms with Gasteiger partial charge in [0.15, 0.2) is 0 Å². The quantitative estimate of drug-likeness (QED) is 0.371. The van der Waals surface area contributed by atoms with Crippen molar-refractivity contribution in [2.45, 2.75) is 19.6 Å². The molecule has 0 radical (unpaired) electrons. The van der Waals surface area contributed by atoms with Crippen LogP contribution in [0.25, 0.3) is 0 Å². The molecule has 1 rings (SSSR count). The molecule has 0 saturated carbocycles. The van der Waals surface area contributed by atoms with Gasteiger partial charge in [-0.15, -0.1) is 5.38 Å². The van der Waals surface area contributed by atoms with Gasteiger partial charge in [0.2, 0.25) is 0 Å². The molecule has 0 spiro atoms. The summed E-state index contributed by atoms with van der Waals surface area (Å²) in [6.07, 6.45) is 0. The molecule has 0 nitrogen and oxygen atoms in total. The summed E-state index contributed by atoms with van der Waals surface area (Å²) in [5, 5.41) is 3.11. The molecule has 0 aliphatic carbocycles. The van der Waals surface area contributed by atoms with Crippen LogP contribution in [0.4, 0.5) is 0 Å². The fraction of sp³-hybridized carbons (Fsp3) is 0.429. The minimum absolute atomic E-state index is 0. The first-order valence-electron chi connectivity index (χ1n) is 3.07. The van der Waals surface area contributed by atoms with Crippen molar-refractivity contribution in [1.82, 2.24) is 0 Å². The van der Waals surface area contributed by atoms with E-state index >= 15 is 0 Å². The summed E-state index contributed by atoms with van der Waals surface area (Å²) >= 11 is 1.77. The van der Waals surface area contributed by atoms with E-state index in [9.17, 15) is 0 Å². The molecule has 0 fully saturated rings. The van der Waals surface area contributed by atoms with Crippen molar-refractivity contribution in [3.63, 3.8) is 0 Å². The minimum atomic E-state index is -0.994. The molecule has 3 heteroatoms. The molecule has 0 N–H and O–H groups in total. The van der Waals surface area contributed by atoms with Crippen LogP contribution in [-0.2, 0) is 0 Å². The zero-order chi connectivity index (χ0) is 6.91. The molecule has 0 atom stereocenters. The van der Waals surface area contributed by atoms with Gasteiger partial charge in [-0.2, -0.15) is 10.6 Å². The molecule has 10 heavy (non-hydrogen) atoms. The van der Waals surface area contributed by atoms with E-state index < -0.39 is 8.07 Å². The van der Waals surface area contributed by atoms with Crippen LogP contribution in [0.3, 0.4) is 0 Å². The van der Waals surface area contributed by atoms with Crippen LogP contribution in [0.15, 0.2) is 12.1 Å². The van der Waals surface area contributed by atoms with Crippen molar-refractivity contribution in [1.29, 1.82) is 0 Å². The van der Waals surface area contributed by atoms with Gasteiger partial charge in [-0.3, -0.25) is 0 Å². The molecule has 1 aromatic heterocycles. The van der Waals surface area contributed by atoms with E-state index in [1.54, 1.807) is 15.8 Å². The fourth-order valence-electron chi connectivity index (χ4n) is 0.644. The van der Waals surface area contributed by atoms with E-state index in [1.807, 2.05) is 6.07 Å². The average molecular weight is 162 g/mol. The normalized spacial score (nSPS) is 10.7. The van der Waals surface area contributed by atoms with E-state index in [-0.39, 0.29) is 18.9 Å². The summed E-state index contributed by atoms with van der Waals surface area (Å²) in [4.78, 5) is 0. The molecule has 1 heterocycles. The van der Waals surface area contributed by atoms with Crippen molar-refractivity contribution in [3.05, 3.63) is 17.5 Å². The largest absolute Gasteiger partial charge is 1.00 e. The fourth-order valence-corrected chi connectivity index (χ4v) is 3.03. The van der Waals surface area contributed by atoms with Crippen LogP contribution in [-0.4, -0.2) is 8.07 Å². The van der Waals surface area contributed by atoms with Gasteiger partial charge in [-0.1, -0.05) is 19.6 Å². The first-order chi connectivity index (χ1) is 4.11. The van der Waals surface area contributed by atoms with Gasteiger partial charge >= 0.3 is 18.9 Å². The number of rotatable bonds is 1. The molecule has 0 aliphatic heterocycles. The topological polar surface area (TPSA) is 0 Å². The molecule has 0 aromatic carbocycles. The smallest absolute Gasteiger partial charge is 0.302 e. The molecule has 0 aliphatic rings. The van der Waals surface area contributed by atoms with Crippen LogP contribution in [0.2, 0.25) is 19.6 Å². The monoisotopic (exact) mass is 162 g/mol. The van der Waals surface area contributed by atoms with E-state index in [0.29, 0.717) is 0 Å². The molecule has 0 amide bonds. The van der Waals surface area contributed by atoms with Gasteiger partial charge < -0.3 is 11.3 Å². The Labute approximate surface area is 79.8 Å².